The molecule has 3 aliphatic heterocycles. The van der Waals surface area contributed by atoms with Gasteiger partial charge in [0.05, 0.1) is 11.7 Å². The highest BCUT2D eigenvalue weighted by molar-refractivity contribution is 7.89. The number of aromatic nitrogens is 4. The maximum Gasteiger partial charge on any atom is 0.309 e. The lowest BCUT2D eigenvalue weighted by atomic mass is 9.83. The minimum Gasteiger partial charge on any atom is -0.459 e. The van der Waals surface area contributed by atoms with E-state index in [1.807, 2.05) is 18.9 Å². The van der Waals surface area contributed by atoms with Gasteiger partial charge in [-0.15, -0.1) is 0 Å². The number of hydrogen-bond donors (Lipinski definition) is 2. The second-order valence-electron chi connectivity index (χ2n) is 10.9. The number of carbonyl (C=O) groups is 1. The van der Waals surface area contributed by atoms with Crippen LogP contribution in [0.25, 0.3) is 0 Å². The maximum absolute atomic E-state index is 15.6. The number of halogens is 1. The van der Waals surface area contributed by atoms with Gasteiger partial charge in [-0.3, -0.25) is 9.89 Å². The van der Waals surface area contributed by atoms with E-state index in [1.54, 1.807) is 17.3 Å². The molecule has 5 heterocycles. The predicted octanol–water partition coefficient (Wildman–Crippen LogP) is 3.03. The summed E-state index contributed by atoms with van der Waals surface area (Å²) in [5.41, 5.74) is 0.749. The number of esters is 1. The maximum atomic E-state index is 15.6. The van der Waals surface area contributed by atoms with E-state index in [1.165, 1.54) is 0 Å². The van der Waals surface area contributed by atoms with Gasteiger partial charge >= 0.3 is 5.97 Å². The number of aryl methyl sites for hydroxylation is 1. The number of aromatic amines is 1. The third kappa shape index (κ3) is 6.08. The third-order valence-corrected chi connectivity index (χ3v) is 10.2. The molecule has 0 spiro atoms. The van der Waals surface area contributed by atoms with Crippen LogP contribution in [0, 0.1) is 18.7 Å². The normalized spacial score (nSPS) is 24.1. The Morgan fingerprint density at radius 3 is 2.55 bits per heavy atom. The fourth-order valence-electron chi connectivity index (χ4n) is 6.00. The van der Waals surface area contributed by atoms with Crippen molar-refractivity contribution in [3.63, 3.8) is 0 Å². The van der Waals surface area contributed by atoms with Gasteiger partial charge in [0.25, 0.3) is 0 Å². The van der Waals surface area contributed by atoms with Crippen molar-refractivity contribution in [3.8, 4) is 0 Å². The third-order valence-electron chi connectivity index (χ3n) is 8.20. The second-order valence-corrected chi connectivity index (χ2v) is 13.1. The van der Waals surface area contributed by atoms with Gasteiger partial charge < -0.3 is 19.7 Å². The summed E-state index contributed by atoms with van der Waals surface area (Å²) in [7, 11) is -1.47. The zero-order chi connectivity index (χ0) is 28.4. The molecular weight excluding hydrogens is 541 g/mol. The van der Waals surface area contributed by atoms with Gasteiger partial charge in [0.1, 0.15) is 12.3 Å². The van der Waals surface area contributed by atoms with Crippen LogP contribution in [0.5, 0.6) is 0 Å². The molecule has 1 unspecified atom stereocenters. The minimum atomic E-state index is -3.31. The van der Waals surface area contributed by atoms with Crippen molar-refractivity contribution in [1.82, 2.24) is 24.5 Å². The number of fused-ring (bicyclic) bond motifs is 2. The second kappa shape index (κ2) is 12.0. The van der Waals surface area contributed by atoms with Crippen molar-refractivity contribution in [3.05, 3.63) is 23.3 Å². The summed E-state index contributed by atoms with van der Waals surface area (Å²) >= 11 is 0. The van der Waals surface area contributed by atoms with Crippen LogP contribution in [0.2, 0.25) is 0 Å². The van der Waals surface area contributed by atoms with E-state index in [0.29, 0.717) is 44.7 Å². The molecule has 2 aromatic rings. The van der Waals surface area contributed by atoms with E-state index in [2.05, 4.69) is 25.5 Å². The molecule has 2 N–H and O–H groups in total. The molecule has 0 aliphatic carbocycles. The molecule has 0 amide bonds. The first-order chi connectivity index (χ1) is 19.2. The molecular formula is C26H38FN7O5S. The summed E-state index contributed by atoms with van der Waals surface area (Å²) in [5, 5.41) is 9.85. The van der Waals surface area contributed by atoms with Gasteiger partial charge in [-0.05, 0) is 52.4 Å². The Kier molecular flexibility index (Phi) is 8.57. The van der Waals surface area contributed by atoms with Gasteiger partial charge in [0.15, 0.2) is 17.5 Å². The molecule has 0 radical (unpaired) electrons. The highest BCUT2D eigenvalue weighted by atomic mass is 32.2. The van der Waals surface area contributed by atoms with Crippen molar-refractivity contribution < 1.29 is 27.1 Å². The van der Waals surface area contributed by atoms with Crippen LogP contribution < -0.4 is 10.2 Å². The molecule has 2 aromatic heterocycles. The number of ether oxygens (including phenoxy) is 2. The van der Waals surface area contributed by atoms with Crippen molar-refractivity contribution in [2.24, 2.45) is 5.92 Å². The lowest BCUT2D eigenvalue weighted by molar-refractivity contribution is -0.153. The number of piperidine rings is 2. The lowest BCUT2D eigenvalue weighted by Gasteiger charge is -2.49. The van der Waals surface area contributed by atoms with E-state index in [4.69, 9.17) is 9.47 Å². The van der Waals surface area contributed by atoms with Crippen LogP contribution in [0.4, 0.5) is 22.0 Å². The first kappa shape index (κ1) is 28.7. The van der Waals surface area contributed by atoms with E-state index in [-0.39, 0.29) is 53.9 Å². The Bertz CT molecular complexity index is 1300. The molecule has 12 nitrogen and oxygen atoms in total. The van der Waals surface area contributed by atoms with Crippen LogP contribution in [0.1, 0.15) is 63.3 Å². The van der Waals surface area contributed by atoms with Crippen molar-refractivity contribution in [2.75, 3.05) is 36.2 Å². The summed E-state index contributed by atoms with van der Waals surface area (Å²) in [6.07, 6.45) is 5.00. The molecule has 3 saturated heterocycles. The van der Waals surface area contributed by atoms with E-state index >= 15 is 4.39 Å². The molecule has 0 aromatic carbocycles. The monoisotopic (exact) mass is 579 g/mol. The highest BCUT2D eigenvalue weighted by Gasteiger charge is 2.45. The molecule has 3 fully saturated rings. The highest BCUT2D eigenvalue weighted by Crippen LogP contribution is 2.38. The van der Waals surface area contributed by atoms with E-state index in [0.717, 1.165) is 25.0 Å². The van der Waals surface area contributed by atoms with Gasteiger partial charge in [0, 0.05) is 50.1 Å². The SMILES string of the molecule is CCS(=O)(=O)N1[C@@H]2CCC[C@H]1CC(N(C)c1nc(COC(=O)C3CCOCC3)c(F)c(Nc3cc(C)[nH]n3)n1)C2. The van der Waals surface area contributed by atoms with E-state index in [9.17, 15) is 13.2 Å². The van der Waals surface area contributed by atoms with Gasteiger partial charge in [-0.25, -0.2) is 17.8 Å². The summed E-state index contributed by atoms with van der Waals surface area (Å²) in [5.74, 6) is -0.742. The molecule has 3 atom stereocenters. The van der Waals surface area contributed by atoms with Gasteiger partial charge in [0.2, 0.25) is 16.0 Å². The number of carbonyl (C=O) groups excluding carboxylic acids is 1. The Labute approximate surface area is 234 Å². The van der Waals surface area contributed by atoms with Crippen LogP contribution in [-0.2, 0) is 30.9 Å². The van der Waals surface area contributed by atoms with Gasteiger partial charge in [-0.2, -0.15) is 14.4 Å². The quantitative estimate of drug-likeness (QED) is 0.426. The average Bonchev–Trinajstić information content (AvgIpc) is 3.36. The topological polar surface area (TPSA) is 143 Å². The number of nitrogens with one attached hydrogen (secondary N) is 2. The smallest absolute Gasteiger partial charge is 0.309 e. The van der Waals surface area contributed by atoms with Crippen LogP contribution in [-0.4, -0.2) is 83.0 Å². The van der Waals surface area contributed by atoms with Crippen LogP contribution in [0.15, 0.2) is 6.07 Å². The fraction of sp³-hybridized carbons (Fsp3) is 0.692. The summed E-state index contributed by atoms with van der Waals surface area (Å²) in [6.45, 7) is 4.17. The lowest BCUT2D eigenvalue weighted by Crippen LogP contribution is -2.58. The Hall–Kier alpha value is -2.84. The van der Waals surface area contributed by atoms with Crippen molar-refractivity contribution >= 4 is 33.6 Å². The molecule has 3 aliphatic rings. The summed E-state index contributed by atoms with van der Waals surface area (Å²) < 4.78 is 53.8. The Morgan fingerprint density at radius 2 is 1.93 bits per heavy atom. The van der Waals surface area contributed by atoms with Crippen LogP contribution >= 0.6 is 0 Å². The summed E-state index contributed by atoms with van der Waals surface area (Å²) in [4.78, 5) is 23.5. The average molecular weight is 580 g/mol. The number of hydrogen-bond acceptors (Lipinski definition) is 10. The molecule has 5 rings (SSSR count). The zero-order valence-corrected chi connectivity index (χ0v) is 24.0. The Morgan fingerprint density at radius 1 is 1.23 bits per heavy atom. The number of anilines is 3. The number of H-pyrrole nitrogens is 1. The zero-order valence-electron chi connectivity index (χ0n) is 23.2. The number of nitrogens with zero attached hydrogens (tertiary/aromatic N) is 5. The largest absolute Gasteiger partial charge is 0.459 e. The molecule has 220 valence electrons. The van der Waals surface area contributed by atoms with Crippen molar-refractivity contribution in [1.29, 1.82) is 0 Å². The number of sulfonamides is 1. The van der Waals surface area contributed by atoms with Gasteiger partial charge in [-0.1, -0.05) is 6.42 Å². The fourth-order valence-corrected chi connectivity index (χ4v) is 7.59. The standard InChI is InChI=1S/C26H38FN7O5S/c1-4-40(36,37)34-18-6-5-7-19(34)14-20(13-18)33(3)26-28-21(15-39-25(35)17-8-10-38-11-9-17)23(27)24(30-26)29-22-12-16(2)31-32-22/h12,17-20H,4-11,13-15H2,1-3H3,(H2,28,29,30,31,32)/t18-,19+,20?. The number of rotatable bonds is 9. The summed E-state index contributed by atoms with van der Waals surface area (Å²) in [6, 6.07) is 1.51. The first-order valence-corrected chi connectivity index (χ1v) is 15.6. The van der Waals surface area contributed by atoms with E-state index < -0.39 is 21.8 Å². The molecule has 0 saturated carbocycles. The molecule has 2 bridgehead atoms. The molecule has 40 heavy (non-hydrogen) atoms. The minimum absolute atomic E-state index is 0.0396. The Balaban J connectivity index is 1.39. The molecule has 14 heteroatoms. The van der Waals surface area contributed by atoms with Crippen molar-refractivity contribution in [2.45, 2.75) is 83.5 Å². The predicted molar refractivity (Wildman–Crippen MR) is 146 cm³/mol. The van der Waals surface area contributed by atoms with Crippen LogP contribution in [0.3, 0.4) is 0 Å². The first-order valence-electron chi connectivity index (χ1n) is 14.0.